The fraction of sp³-hybridized carbons (Fsp3) is 0.333. The Labute approximate surface area is 174 Å². The van der Waals surface area contributed by atoms with E-state index in [1.165, 1.54) is 14.2 Å². The maximum atomic E-state index is 12.5. The molecule has 7 nitrogen and oxygen atoms in total. The number of carbonyl (C=O) groups excluding carboxylic acids is 2. The van der Waals surface area contributed by atoms with E-state index in [9.17, 15) is 9.59 Å². The SMILES string of the molecule is COc1cccc(OC)c1C(=O)OCC(=O)N1CCN(c2ccccc2Cl)CC1. The van der Waals surface area contributed by atoms with Gasteiger partial charge < -0.3 is 24.0 Å². The maximum Gasteiger partial charge on any atom is 0.346 e. The van der Waals surface area contributed by atoms with Crippen LogP contribution in [0.25, 0.3) is 0 Å². The zero-order valence-electron chi connectivity index (χ0n) is 16.4. The molecule has 0 aromatic heterocycles. The molecule has 8 heteroatoms. The highest BCUT2D eigenvalue weighted by atomic mass is 35.5. The lowest BCUT2D eigenvalue weighted by atomic mass is 10.2. The van der Waals surface area contributed by atoms with E-state index in [4.69, 9.17) is 25.8 Å². The molecule has 3 rings (SSSR count). The molecule has 0 aliphatic carbocycles. The quantitative estimate of drug-likeness (QED) is 0.672. The molecule has 1 heterocycles. The highest BCUT2D eigenvalue weighted by molar-refractivity contribution is 6.33. The predicted octanol–water partition coefficient (Wildman–Crippen LogP) is 2.86. The zero-order valence-corrected chi connectivity index (χ0v) is 17.1. The third-order valence-corrected chi connectivity index (χ3v) is 5.10. The third-order valence-electron chi connectivity index (χ3n) is 4.78. The summed E-state index contributed by atoms with van der Waals surface area (Å²) in [4.78, 5) is 28.8. The monoisotopic (exact) mass is 418 g/mol. The number of halogens is 1. The van der Waals surface area contributed by atoms with Crippen molar-refractivity contribution < 1.29 is 23.8 Å². The Hall–Kier alpha value is -2.93. The van der Waals surface area contributed by atoms with Crippen molar-refractivity contribution in [2.24, 2.45) is 0 Å². The van der Waals surface area contributed by atoms with E-state index in [-0.39, 0.29) is 18.1 Å². The smallest absolute Gasteiger partial charge is 0.346 e. The van der Waals surface area contributed by atoms with Gasteiger partial charge in [-0.05, 0) is 24.3 Å². The summed E-state index contributed by atoms with van der Waals surface area (Å²) in [5, 5.41) is 0.687. The van der Waals surface area contributed by atoms with Gasteiger partial charge in [0.2, 0.25) is 0 Å². The molecular formula is C21H23ClN2O5. The molecule has 1 aliphatic heterocycles. The molecule has 29 heavy (non-hydrogen) atoms. The minimum absolute atomic E-state index is 0.161. The Bertz CT molecular complexity index is 859. The molecule has 0 atom stereocenters. The summed E-state index contributed by atoms with van der Waals surface area (Å²) >= 11 is 6.25. The Morgan fingerprint density at radius 3 is 2.14 bits per heavy atom. The standard InChI is InChI=1S/C21H23ClN2O5/c1-27-17-8-5-9-18(28-2)20(17)21(26)29-14-19(25)24-12-10-23(11-13-24)16-7-4-3-6-15(16)22/h3-9H,10-14H2,1-2H3. The second kappa shape index (κ2) is 9.52. The summed E-state index contributed by atoms with van der Waals surface area (Å²) in [7, 11) is 2.91. The van der Waals surface area contributed by atoms with Gasteiger partial charge in [0.25, 0.3) is 5.91 Å². The number of hydrogen-bond acceptors (Lipinski definition) is 6. The molecule has 2 aromatic carbocycles. The zero-order chi connectivity index (χ0) is 20.8. The number of amides is 1. The summed E-state index contributed by atoms with van der Waals surface area (Å²) < 4.78 is 15.6. The number of para-hydroxylation sites is 1. The van der Waals surface area contributed by atoms with E-state index >= 15 is 0 Å². The topological polar surface area (TPSA) is 68.3 Å². The van der Waals surface area contributed by atoms with Crippen LogP contribution in [0.3, 0.4) is 0 Å². The molecular weight excluding hydrogens is 396 g/mol. The number of hydrogen-bond donors (Lipinski definition) is 0. The summed E-state index contributed by atoms with van der Waals surface area (Å²) in [6, 6.07) is 12.6. The molecule has 0 unspecified atom stereocenters. The number of ether oxygens (including phenoxy) is 3. The first-order valence-corrected chi connectivity index (χ1v) is 9.58. The Morgan fingerprint density at radius 2 is 1.55 bits per heavy atom. The van der Waals surface area contributed by atoms with Gasteiger partial charge in [0.15, 0.2) is 6.61 Å². The maximum absolute atomic E-state index is 12.5. The Morgan fingerprint density at radius 1 is 0.931 bits per heavy atom. The fourth-order valence-corrected chi connectivity index (χ4v) is 3.50. The molecule has 1 amide bonds. The van der Waals surface area contributed by atoms with Crippen molar-refractivity contribution in [3.63, 3.8) is 0 Å². The second-order valence-corrected chi connectivity index (χ2v) is 6.84. The lowest BCUT2D eigenvalue weighted by molar-refractivity contribution is -0.134. The van der Waals surface area contributed by atoms with Crippen LogP contribution in [0, 0.1) is 0 Å². The number of nitrogens with zero attached hydrogens (tertiary/aromatic N) is 2. The first-order chi connectivity index (χ1) is 14.0. The summed E-state index contributed by atoms with van der Waals surface area (Å²) in [6.45, 7) is 2.03. The molecule has 1 fully saturated rings. The van der Waals surface area contributed by atoms with Crippen LogP contribution in [0.15, 0.2) is 42.5 Å². The third kappa shape index (κ3) is 4.74. The largest absolute Gasteiger partial charge is 0.496 e. The lowest BCUT2D eigenvalue weighted by Crippen LogP contribution is -2.50. The van der Waals surface area contributed by atoms with Gasteiger partial charge in [-0.3, -0.25) is 4.79 Å². The molecule has 154 valence electrons. The van der Waals surface area contributed by atoms with Crippen molar-refractivity contribution in [1.82, 2.24) is 4.90 Å². The summed E-state index contributed by atoms with van der Waals surface area (Å²) in [5.41, 5.74) is 1.12. The molecule has 0 saturated carbocycles. The molecule has 1 saturated heterocycles. The van der Waals surface area contributed by atoms with E-state index < -0.39 is 5.97 Å². The van der Waals surface area contributed by atoms with E-state index in [0.717, 1.165) is 5.69 Å². The molecule has 0 N–H and O–H groups in total. The Kier molecular flexibility index (Phi) is 6.82. The van der Waals surface area contributed by atoms with Crippen molar-refractivity contribution in [3.05, 3.63) is 53.1 Å². The van der Waals surface area contributed by atoms with E-state index in [1.807, 2.05) is 24.3 Å². The average molecular weight is 419 g/mol. The molecule has 0 radical (unpaired) electrons. The number of carbonyl (C=O) groups is 2. The van der Waals surface area contributed by atoms with E-state index in [0.29, 0.717) is 42.7 Å². The van der Waals surface area contributed by atoms with Crippen molar-refractivity contribution in [3.8, 4) is 11.5 Å². The van der Waals surface area contributed by atoms with E-state index in [2.05, 4.69) is 4.90 Å². The van der Waals surface area contributed by atoms with Crippen LogP contribution in [0.2, 0.25) is 5.02 Å². The highest BCUT2D eigenvalue weighted by Crippen LogP contribution is 2.29. The van der Waals surface area contributed by atoms with Gasteiger partial charge in [0, 0.05) is 26.2 Å². The lowest BCUT2D eigenvalue weighted by Gasteiger charge is -2.36. The predicted molar refractivity (Wildman–Crippen MR) is 110 cm³/mol. The van der Waals surface area contributed by atoms with Crippen LogP contribution in [-0.4, -0.2) is 63.8 Å². The normalized spacial score (nSPS) is 13.8. The van der Waals surface area contributed by atoms with E-state index in [1.54, 1.807) is 23.1 Å². The minimum Gasteiger partial charge on any atom is -0.496 e. The number of esters is 1. The van der Waals surface area contributed by atoms with Crippen LogP contribution in [0.5, 0.6) is 11.5 Å². The van der Waals surface area contributed by atoms with Gasteiger partial charge in [-0.25, -0.2) is 4.79 Å². The first kappa shape index (κ1) is 20.8. The number of piperazine rings is 1. The van der Waals surface area contributed by atoms with Crippen molar-refractivity contribution in [2.75, 3.05) is 51.9 Å². The minimum atomic E-state index is -0.664. The number of benzene rings is 2. The van der Waals surface area contributed by atoms with Crippen LogP contribution in [0.1, 0.15) is 10.4 Å². The van der Waals surface area contributed by atoms with Crippen LogP contribution < -0.4 is 14.4 Å². The van der Waals surface area contributed by atoms with Gasteiger partial charge >= 0.3 is 5.97 Å². The molecule has 0 spiro atoms. The number of methoxy groups -OCH3 is 2. The van der Waals surface area contributed by atoms with Gasteiger partial charge in [-0.1, -0.05) is 29.8 Å². The summed E-state index contributed by atoms with van der Waals surface area (Å²) in [5.74, 6) is -0.251. The van der Waals surface area contributed by atoms with Gasteiger partial charge in [-0.2, -0.15) is 0 Å². The molecule has 0 bridgehead atoms. The van der Waals surface area contributed by atoms with Crippen LogP contribution in [0.4, 0.5) is 5.69 Å². The first-order valence-electron chi connectivity index (χ1n) is 9.20. The second-order valence-electron chi connectivity index (χ2n) is 6.43. The summed E-state index contributed by atoms with van der Waals surface area (Å²) in [6.07, 6.45) is 0. The van der Waals surface area contributed by atoms with Gasteiger partial charge in [0.05, 0.1) is 24.9 Å². The average Bonchev–Trinajstić information content (AvgIpc) is 2.77. The van der Waals surface area contributed by atoms with Crippen LogP contribution in [-0.2, 0) is 9.53 Å². The molecule has 2 aromatic rings. The van der Waals surface area contributed by atoms with Crippen molar-refractivity contribution in [2.45, 2.75) is 0 Å². The Balaban J connectivity index is 1.56. The van der Waals surface area contributed by atoms with Gasteiger partial charge in [0.1, 0.15) is 17.1 Å². The number of rotatable bonds is 6. The van der Waals surface area contributed by atoms with Crippen molar-refractivity contribution in [1.29, 1.82) is 0 Å². The van der Waals surface area contributed by atoms with Gasteiger partial charge in [-0.15, -0.1) is 0 Å². The van der Waals surface area contributed by atoms with Crippen LogP contribution >= 0.6 is 11.6 Å². The highest BCUT2D eigenvalue weighted by Gasteiger charge is 2.25. The number of anilines is 1. The van der Waals surface area contributed by atoms with Crippen molar-refractivity contribution >= 4 is 29.2 Å². The fourth-order valence-electron chi connectivity index (χ4n) is 3.25. The molecule has 1 aliphatic rings.